The van der Waals surface area contributed by atoms with E-state index in [2.05, 4.69) is 5.32 Å². The minimum absolute atomic E-state index is 0.281. The van der Waals surface area contributed by atoms with Gasteiger partial charge in [0.15, 0.2) is 0 Å². The molecule has 0 aliphatic heterocycles. The Kier molecular flexibility index (Phi) is 7.01. The number of hydrogen-bond acceptors (Lipinski definition) is 5. The van der Waals surface area contributed by atoms with Crippen molar-refractivity contribution in [2.45, 2.75) is 33.6 Å². The molecule has 0 atom stereocenters. The average Bonchev–Trinajstić information content (AvgIpc) is 3.03. The summed E-state index contributed by atoms with van der Waals surface area (Å²) in [5.41, 5.74) is 0.880. The van der Waals surface area contributed by atoms with Crippen molar-refractivity contribution in [3.8, 4) is 5.75 Å². The van der Waals surface area contributed by atoms with Gasteiger partial charge in [-0.1, -0.05) is 19.9 Å². The third-order valence-electron chi connectivity index (χ3n) is 3.42. The van der Waals surface area contributed by atoms with Gasteiger partial charge in [-0.15, -0.1) is 11.3 Å². The van der Waals surface area contributed by atoms with Crippen molar-refractivity contribution >= 4 is 28.2 Å². The van der Waals surface area contributed by atoms with Gasteiger partial charge >= 0.3 is 5.97 Å². The van der Waals surface area contributed by atoms with Crippen LogP contribution in [0.1, 0.15) is 52.8 Å². The number of amides is 1. The van der Waals surface area contributed by atoms with Gasteiger partial charge < -0.3 is 14.8 Å². The first-order chi connectivity index (χ1) is 12.1. The fourth-order valence-electron chi connectivity index (χ4n) is 2.19. The fraction of sp³-hybridized carbons (Fsp3) is 0.368. The Morgan fingerprint density at radius 1 is 1.16 bits per heavy atom. The molecule has 0 aliphatic carbocycles. The predicted molar refractivity (Wildman–Crippen MR) is 99.8 cm³/mol. The average molecular weight is 361 g/mol. The maximum Gasteiger partial charge on any atom is 0.341 e. The molecule has 25 heavy (non-hydrogen) atoms. The van der Waals surface area contributed by atoms with Gasteiger partial charge in [0, 0.05) is 10.4 Å². The monoisotopic (exact) mass is 361 g/mol. The number of thiophene rings is 1. The molecule has 134 valence electrons. The number of rotatable bonds is 8. The molecule has 0 spiro atoms. The molecule has 0 unspecified atom stereocenters. The molecule has 0 saturated carbocycles. The van der Waals surface area contributed by atoms with E-state index >= 15 is 0 Å². The van der Waals surface area contributed by atoms with Gasteiger partial charge in [-0.25, -0.2) is 4.79 Å². The van der Waals surface area contributed by atoms with E-state index in [1.165, 1.54) is 11.3 Å². The first-order valence-corrected chi connectivity index (χ1v) is 9.24. The highest BCUT2D eigenvalue weighted by molar-refractivity contribution is 7.16. The molecule has 0 fully saturated rings. The minimum atomic E-state index is -0.422. The summed E-state index contributed by atoms with van der Waals surface area (Å²) >= 11 is 1.39. The maximum atomic E-state index is 12.6. The van der Waals surface area contributed by atoms with E-state index < -0.39 is 5.97 Å². The summed E-state index contributed by atoms with van der Waals surface area (Å²) in [4.78, 5) is 25.7. The Labute approximate surface area is 152 Å². The molecule has 0 bridgehead atoms. The van der Waals surface area contributed by atoms with Crippen LogP contribution in [0.4, 0.5) is 5.00 Å². The smallest absolute Gasteiger partial charge is 0.341 e. The lowest BCUT2D eigenvalue weighted by molar-refractivity contribution is 0.0528. The number of benzene rings is 1. The Bertz CT molecular complexity index is 739. The van der Waals surface area contributed by atoms with Crippen molar-refractivity contribution < 1.29 is 19.1 Å². The lowest BCUT2D eigenvalue weighted by Gasteiger charge is -2.08. The van der Waals surface area contributed by atoms with Crippen LogP contribution in [-0.4, -0.2) is 25.1 Å². The van der Waals surface area contributed by atoms with Crippen LogP contribution in [0.15, 0.2) is 30.3 Å². The zero-order valence-corrected chi connectivity index (χ0v) is 15.6. The lowest BCUT2D eigenvalue weighted by atomic mass is 10.2. The van der Waals surface area contributed by atoms with Crippen molar-refractivity contribution in [3.63, 3.8) is 0 Å². The van der Waals surface area contributed by atoms with E-state index in [9.17, 15) is 9.59 Å². The summed E-state index contributed by atoms with van der Waals surface area (Å²) < 4.78 is 10.6. The molecule has 1 amide bonds. The summed E-state index contributed by atoms with van der Waals surface area (Å²) in [6.07, 6.45) is 1.68. The van der Waals surface area contributed by atoms with Crippen LogP contribution >= 0.6 is 11.3 Å². The molecule has 0 aliphatic rings. The zero-order valence-electron chi connectivity index (χ0n) is 14.8. The lowest BCUT2D eigenvalue weighted by Crippen LogP contribution is -2.14. The van der Waals surface area contributed by atoms with E-state index in [0.717, 1.165) is 17.7 Å². The van der Waals surface area contributed by atoms with Gasteiger partial charge in [0.25, 0.3) is 5.91 Å². The first-order valence-electron chi connectivity index (χ1n) is 8.43. The van der Waals surface area contributed by atoms with Gasteiger partial charge in [0.2, 0.25) is 0 Å². The molecule has 0 saturated heterocycles. The van der Waals surface area contributed by atoms with Crippen molar-refractivity contribution in [1.29, 1.82) is 0 Å². The van der Waals surface area contributed by atoms with Gasteiger partial charge in [-0.2, -0.15) is 0 Å². The molecular weight excluding hydrogens is 338 g/mol. The summed E-state index contributed by atoms with van der Waals surface area (Å²) in [5.74, 6) is -0.0497. The van der Waals surface area contributed by atoms with Crippen molar-refractivity contribution in [3.05, 3.63) is 46.3 Å². The number of carbonyl (C=O) groups excluding carboxylic acids is 2. The second-order valence-corrected chi connectivity index (χ2v) is 6.50. The number of hydrogen-bond donors (Lipinski definition) is 1. The summed E-state index contributed by atoms with van der Waals surface area (Å²) in [7, 11) is 0. The largest absolute Gasteiger partial charge is 0.494 e. The fourth-order valence-corrected chi connectivity index (χ4v) is 3.17. The summed E-state index contributed by atoms with van der Waals surface area (Å²) in [5, 5.41) is 3.34. The van der Waals surface area contributed by atoms with Crippen LogP contribution in [0.25, 0.3) is 0 Å². The van der Waals surface area contributed by atoms with Crippen LogP contribution < -0.4 is 10.1 Å². The van der Waals surface area contributed by atoms with Crippen molar-refractivity contribution in [2.24, 2.45) is 0 Å². The third-order valence-corrected chi connectivity index (χ3v) is 4.62. The van der Waals surface area contributed by atoms with Crippen LogP contribution in [0.2, 0.25) is 0 Å². The Morgan fingerprint density at radius 2 is 1.96 bits per heavy atom. The van der Waals surface area contributed by atoms with E-state index in [4.69, 9.17) is 9.47 Å². The molecule has 1 N–H and O–H groups in total. The molecular formula is C19H23NO4S. The highest BCUT2D eigenvalue weighted by atomic mass is 32.1. The van der Waals surface area contributed by atoms with Gasteiger partial charge in [-0.05, 0) is 44.0 Å². The van der Waals surface area contributed by atoms with E-state index in [-0.39, 0.29) is 5.91 Å². The normalized spacial score (nSPS) is 10.4. The zero-order chi connectivity index (χ0) is 18.2. The first kappa shape index (κ1) is 19.0. The molecule has 1 aromatic heterocycles. The highest BCUT2D eigenvalue weighted by Crippen LogP contribution is 2.30. The quantitative estimate of drug-likeness (QED) is 0.702. The molecule has 1 heterocycles. The van der Waals surface area contributed by atoms with Crippen molar-refractivity contribution in [1.82, 2.24) is 0 Å². The molecule has 5 nitrogen and oxygen atoms in total. The Hall–Kier alpha value is -2.34. The second-order valence-electron chi connectivity index (χ2n) is 5.36. The maximum absolute atomic E-state index is 12.6. The van der Waals surface area contributed by atoms with Gasteiger partial charge in [0.1, 0.15) is 10.8 Å². The van der Waals surface area contributed by atoms with Crippen molar-refractivity contribution in [2.75, 3.05) is 18.5 Å². The summed E-state index contributed by atoms with van der Waals surface area (Å²) in [6.45, 7) is 6.67. The van der Waals surface area contributed by atoms with Crippen LogP contribution in [0.3, 0.4) is 0 Å². The van der Waals surface area contributed by atoms with Crippen LogP contribution in [0.5, 0.6) is 5.75 Å². The highest BCUT2D eigenvalue weighted by Gasteiger charge is 2.19. The Morgan fingerprint density at radius 3 is 2.64 bits per heavy atom. The van der Waals surface area contributed by atoms with E-state index in [0.29, 0.717) is 35.1 Å². The van der Waals surface area contributed by atoms with Crippen LogP contribution in [-0.2, 0) is 11.2 Å². The topological polar surface area (TPSA) is 64.6 Å². The van der Waals surface area contributed by atoms with E-state index in [1.807, 2.05) is 19.9 Å². The second kappa shape index (κ2) is 9.22. The summed E-state index contributed by atoms with van der Waals surface area (Å²) in [6, 6.07) is 8.78. The van der Waals surface area contributed by atoms with E-state index in [1.54, 1.807) is 31.2 Å². The molecule has 6 heteroatoms. The number of carbonyl (C=O) groups is 2. The standard InChI is InChI=1S/C19H23NO4S/c1-4-10-24-14-9-7-8-13(11-14)17(21)20-18-16(19(22)23-6-3)12-15(5-2)25-18/h7-9,11-12H,4-6,10H2,1-3H3,(H,20,21). The number of nitrogens with one attached hydrogen (secondary N) is 1. The molecule has 2 aromatic rings. The van der Waals surface area contributed by atoms with Crippen LogP contribution in [0, 0.1) is 0 Å². The van der Waals surface area contributed by atoms with Gasteiger partial charge in [-0.3, -0.25) is 4.79 Å². The molecule has 1 aromatic carbocycles. The van der Waals surface area contributed by atoms with Gasteiger partial charge in [0.05, 0.1) is 18.8 Å². The molecule has 2 rings (SSSR count). The number of anilines is 1. The number of aryl methyl sites for hydroxylation is 1. The Balaban J connectivity index is 2.19. The third kappa shape index (κ3) is 5.06. The molecule has 0 radical (unpaired) electrons. The number of ether oxygens (including phenoxy) is 2. The minimum Gasteiger partial charge on any atom is -0.494 e. The predicted octanol–water partition coefficient (Wildman–Crippen LogP) is 4.53. The SMILES string of the molecule is CCCOc1cccc(C(=O)Nc2sc(CC)cc2C(=O)OCC)c1. The number of esters is 1.